The number of aliphatic hydroxyl groups is 1. The van der Waals surface area contributed by atoms with E-state index < -0.39 is 29.4 Å². The number of allylic oxidation sites excluding steroid dienone is 1. The van der Waals surface area contributed by atoms with Crippen LogP contribution in [0.2, 0.25) is 0 Å². The van der Waals surface area contributed by atoms with E-state index in [0.29, 0.717) is 16.7 Å². The summed E-state index contributed by atoms with van der Waals surface area (Å²) in [4.78, 5) is 23.8. The van der Waals surface area contributed by atoms with Crippen LogP contribution in [0.25, 0.3) is 11.0 Å². The number of carbonyl (C=O) groups is 1. The molecule has 0 amide bonds. The van der Waals surface area contributed by atoms with Crippen LogP contribution >= 0.6 is 0 Å². The molecule has 1 aliphatic rings. The number of aliphatic hydroxyl groups excluding tert-OH is 1. The highest BCUT2D eigenvalue weighted by Crippen LogP contribution is 2.45. The lowest BCUT2D eigenvalue weighted by atomic mass is 9.87. The zero-order valence-corrected chi connectivity index (χ0v) is 14.5. The lowest BCUT2D eigenvalue weighted by Crippen LogP contribution is -2.49. The van der Waals surface area contributed by atoms with Crippen LogP contribution in [0.5, 0.6) is 5.75 Å². The highest BCUT2D eigenvalue weighted by atomic mass is 16.6. The maximum Gasteiger partial charge on any atom is 0.336 e. The number of esters is 1. The van der Waals surface area contributed by atoms with Crippen molar-refractivity contribution in [2.75, 3.05) is 0 Å². The minimum atomic E-state index is -1.13. The van der Waals surface area contributed by atoms with Gasteiger partial charge in [0.2, 0.25) is 0 Å². The molecule has 0 saturated heterocycles. The number of ether oxygens (including phenoxy) is 2. The maximum absolute atomic E-state index is 12.1. The van der Waals surface area contributed by atoms with Gasteiger partial charge in [-0.3, -0.25) is 0 Å². The minimum absolute atomic E-state index is 0.245. The van der Waals surface area contributed by atoms with E-state index in [1.807, 2.05) is 0 Å². The summed E-state index contributed by atoms with van der Waals surface area (Å²) in [5.41, 5.74) is -0.136. The van der Waals surface area contributed by atoms with E-state index in [0.717, 1.165) is 5.57 Å². The molecule has 0 saturated carbocycles. The Labute approximate surface area is 144 Å². The van der Waals surface area contributed by atoms with Gasteiger partial charge in [-0.2, -0.15) is 0 Å². The van der Waals surface area contributed by atoms with Crippen molar-refractivity contribution in [2.45, 2.75) is 45.5 Å². The Morgan fingerprint density at radius 2 is 1.92 bits per heavy atom. The van der Waals surface area contributed by atoms with Crippen LogP contribution in [0.1, 0.15) is 39.4 Å². The molecular weight excluding hydrogens is 324 g/mol. The first kappa shape index (κ1) is 17.2. The Balaban J connectivity index is 2.20. The molecule has 0 unspecified atom stereocenters. The molecule has 2 atom stereocenters. The second-order valence-corrected chi connectivity index (χ2v) is 6.88. The van der Waals surface area contributed by atoms with Crippen LogP contribution < -0.4 is 10.4 Å². The number of carbonyl (C=O) groups excluding carboxylic acids is 1. The summed E-state index contributed by atoms with van der Waals surface area (Å²) in [6.45, 7) is 6.95. The summed E-state index contributed by atoms with van der Waals surface area (Å²) < 4.78 is 16.7. The predicted molar refractivity (Wildman–Crippen MR) is 91.5 cm³/mol. The fourth-order valence-electron chi connectivity index (χ4n) is 2.88. The number of benzene rings is 1. The van der Waals surface area contributed by atoms with Crippen LogP contribution in [0.3, 0.4) is 0 Å². The van der Waals surface area contributed by atoms with Gasteiger partial charge < -0.3 is 19.0 Å². The van der Waals surface area contributed by atoms with Crippen LogP contribution in [0.4, 0.5) is 0 Å². The van der Waals surface area contributed by atoms with Crippen molar-refractivity contribution in [1.82, 2.24) is 0 Å². The number of fused-ring (bicyclic) bond motifs is 3. The van der Waals surface area contributed by atoms with Crippen LogP contribution in [-0.4, -0.2) is 22.8 Å². The summed E-state index contributed by atoms with van der Waals surface area (Å²) in [5.74, 6) is -0.171. The molecule has 0 radical (unpaired) electrons. The first-order valence-corrected chi connectivity index (χ1v) is 7.98. The third-order valence-corrected chi connectivity index (χ3v) is 4.09. The average molecular weight is 344 g/mol. The van der Waals surface area contributed by atoms with Gasteiger partial charge in [0, 0.05) is 17.5 Å². The van der Waals surface area contributed by atoms with Gasteiger partial charge in [-0.15, -0.1) is 0 Å². The van der Waals surface area contributed by atoms with Crippen LogP contribution in [0.15, 0.2) is 45.1 Å². The van der Waals surface area contributed by atoms with Gasteiger partial charge in [0.15, 0.2) is 6.10 Å². The Kier molecular flexibility index (Phi) is 4.16. The van der Waals surface area contributed by atoms with Crippen molar-refractivity contribution in [3.8, 4) is 5.75 Å². The summed E-state index contributed by atoms with van der Waals surface area (Å²) in [5, 5.41) is 11.4. The average Bonchev–Trinajstić information content (AvgIpc) is 2.50. The molecule has 1 aromatic heterocycles. The molecule has 0 aliphatic carbocycles. The molecule has 0 fully saturated rings. The van der Waals surface area contributed by atoms with Gasteiger partial charge in [0.25, 0.3) is 0 Å². The van der Waals surface area contributed by atoms with Gasteiger partial charge in [-0.25, -0.2) is 9.59 Å². The fourth-order valence-corrected chi connectivity index (χ4v) is 2.88. The standard InChI is InChI=1S/C19H20O6/c1-10(2)9-14(21)24-17-15-12(25-19(3,4)18(17)22)7-5-11-6-8-13(20)23-16(11)15/h5-9,17-18,22H,1-4H3/t17-,18-/m1/s1. The van der Waals surface area contributed by atoms with Crippen molar-refractivity contribution in [2.24, 2.45) is 0 Å². The molecule has 2 heterocycles. The van der Waals surface area contributed by atoms with Crippen LogP contribution in [0, 0.1) is 0 Å². The summed E-state index contributed by atoms with van der Waals surface area (Å²) >= 11 is 0. The van der Waals surface area contributed by atoms with Gasteiger partial charge in [0.1, 0.15) is 23.0 Å². The molecule has 1 aliphatic heterocycles. The zero-order chi connectivity index (χ0) is 18.4. The maximum atomic E-state index is 12.1. The quantitative estimate of drug-likeness (QED) is 0.512. The van der Waals surface area contributed by atoms with E-state index in [1.54, 1.807) is 45.9 Å². The third kappa shape index (κ3) is 3.17. The van der Waals surface area contributed by atoms with Gasteiger partial charge in [-0.1, -0.05) is 5.57 Å². The molecule has 1 N–H and O–H groups in total. The predicted octanol–water partition coefficient (Wildman–Crippen LogP) is 2.88. The van der Waals surface area contributed by atoms with Crippen molar-refractivity contribution in [1.29, 1.82) is 0 Å². The topological polar surface area (TPSA) is 86.0 Å². The molecule has 6 nitrogen and oxygen atoms in total. The molecule has 132 valence electrons. The minimum Gasteiger partial charge on any atom is -0.484 e. The molecule has 0 bridgehead atoms. The Bertz CT molecular complexity index is 917. The molecule has 6 heteroatoms. The van der Waals surface area contributed by atoms with E-state index in [4.69, 9.17) is 13.9 Å². The van der Waals surface area contributed by atoms with Crippen molar-refractivity contribution < 1.29 is 23.8 Å². The first-order chi connectivity index (χ1) is 11.7. The van der Waals surface area contributed by atoms with Gasteiger partial charge in [-0.05, 0) is 45.9 Å². The molecular formula is C19H20O6. The third-order valence-electron chi connectivity index (χ3n) is 4.09. The summed E-state index contributed by atoms with van der Waals surface area (Å²) in [6.07, 6.45) is -0.808. The van der Waals surface area contributed by atoms with Crippen molar-refractivity contribution in [3.63, 3.8) is 0 Å². The molecule has 25 heavy (non-hydrogen) atoms. The van der Waals surface area contributed by atoms with E-state index in [1.165, 1.54) is 12.1 Å². The zero-order valence-electron chi connectivity index (χ0n) is 14.5. The lowest BCUT2D eigenvalue weighted by Gasteiger charge is -2.41. The molecule has 3 rings (SSSR count). The highest BCUT2D eigenvalue weighted by Gasteiger charge is 2.46. The van der Waals surface area contributed by atoms with Crippen molar-refractivity contribution >= 4 is 16.9 Å². The monoisotopic (exact) mass is 344 g/mol. The Morgan fingerprint density at radius 1 is 1.24 bits per heavy atom. The van der Waals surface area contributed by atoms with Crippen LogP contribution in [-0.2, 0) is 9.53 Å². The molecule has 2 aromatic rings. The Morgan fingerprint density at radius 3 is 2.60 bits per heavy atom. The van der Waals surface area contributed by atoms with E-state index >= 15 is 0 Å². The SMILES string of the molecule is CC(C)=CC(=O)O[C@@H]1c2c(ccc3ccc(=O)oc23)OC(C)(C)[C@@H]1O. The van der Waals surface area contributed by atoms with Gasteiger partial charge >= 0.3 is 11.6 Å². The van der Waals surface area contributed by atoms with E-state index in [-0.39, 0.29) is 5.58 Å². The van der Waals surface area contributed by atoms with E-state index in [9.17, 15) is 14.7 Å². The normalized spacial score (nSPS) is 21.2. The van der Waals surface area contributed by atoms with Gasteiger partial charge in [0.05, 0.1) is 5.56 Å². The first-order valence-electron chi connectivity index (χ1n) is 7.98. The fraction of sp³-hybridized carbons (Fsp3) is 0.368. The largest absolute Gasteiger partial charge is 0.484 e. The Hall–Kier alpha value is -2.60. The molecule has 1 aromatic carbocycles. The smallest absolute Gasteiger partial charge is 0.336 e. The second-order valence-electron chi connectivity index (χ2n) is 6.88. The second kappa shape index (κ2) is 6.04. The summed E-state index contributed by atoms with van der Waals surface area (Å²) in [6, 6.07) is 6.39. The summed E-state index contributed by atoms with van der Waals surface area (Å²) in [7, 11) is 0. The number of hydrogen-bond acceptors (Lipinski definition) is 6. The van der Waals surface area contributed by atoms with E-state index in [2.05, 4.69) is 0 Å². The van der Waals surface area contributed by atoms with Crippen molar-refractivity contribution in [3.05, 3.63) is 51.9 Å². The lowest BCUT2D eigenvalue weighted by molar-refractivity contribution is -0.164. The molecule has 0 spiro atoms. The highest BCUT2D eigenvalue weighted by molar-refractivity contribution is 5.85. The number of rotatable bonds is 2. The number of hydrogen-bond donors (Lipinski definition) is 1.